The minimum Gasteiger partial charge on any atom is -0.459 e. The molecule has 0 radical (unpaired) electrons. The van der Waals surface area contributed by atoms with Gasteiger partial charge in [-0.1, -0.05) is 6.07 Å². The summed E-state index contributed by atoms with van der Waals surface area (Å²) < 4.78 is 5.03. The number of hydrogen-bond donors (Lipinski definition) is 2. The first-order chi connectivity index (χ1) is 10.2. The molecular weight excluding hydrogens is 306 g/mol. The zero-order chi connectivity index (χ0) is 14.7. The van der Waals surface area contributed by atoms with Gasteiger partial charge in [0, 0.05) is 14.6 Å². The Balaban J connectivity index is 1.62. The van der Waals surface area contributed by atoms with Gasteiger partial charge in [0.05, 0.1) is 12.8 Å². The molecule has 3 aromatic rings. The number of aliphatic hydroxyl groups excluding tert-OH is 1. The number of nitrogens with one attached hydrogen (secondary N) is 1. The minimum atomic E-state index is -0.593. The Morgan fingerprint density at radius 2 is 2.14 bits per heavy atom. The fourth-order valence-electron chi connectivity index (χ4n) is 1.89. The Labute approximate surface area is 129 Å². The van der Waals surface area contributed by atoms with Crippen LogP contribution < -0.4 is 5.32 Å². The van der Waals surface area contributed by atoms with E-state index in [2.05, 4.69) is 5.32 Å². The number of rotatable bonds is 5. The Morgan fingerprint density at radius 3 is 2.86 bits per heavy atom. The van der Waals surface area contributed by atoms with Crippen LogP contribution in [0.2, 0.25) is 0 Å². The monoisotopic (exact) mass is 319 g/mol. The number of carbonyl (C=O) groups is 1. The summed E-state index contributed by atoms with van der Waals surface area (Å²) in [6.45, 7) is 0.418. The molecule has 21 heavy (non-hydrogen) atoms. The number of furan rings is 1. The van der Waals surface area contributed by atoms with Crippen LogP contribution in [0.4, 0.5) is 0 Å². The number of aliphatic hydroxyl groups is 1. The van der Waals surface area contributed by atoms with Crippen LogP contribution in [-0.2, 0) is 6.54 Å². The first-order valence-electron chi connectivity index (χ1n) is 6.36. The van der Waals surface area contributed by atoms with E-state index < -0.39 is 6.10 Å². The van der Waals surface area contributed by atoms with E-state index in [1.165, 1.54) is 28.9 Å². The third kappa shape index (κ3) is 3.24. The summed E-state index contributed by atoms with van der Waals surface area (Å²) in [5, 5.41) is 15.0. The summed E-state index contributed by atoms with van der Waals surface area (Å²) in [5.41, 5.74) is 0. The highest BCUT2D eigenvalue weighted by Gasteiger charge is 2.14. The van der Waals surface area contributed by atoms with Crippen LogP contribution in [0.5, 0.6) is 0 Å². The van der Waals surface area contributed by atoms with E-state index in [9.17, 15) is 9.90 Å². The summed E-state index contributed by atoms with van der Waals surface area (Å²) in [4.78, 5) is 14.5. The maximum absolute atomic E-state index is 11.8. The van der Waals surface area contributed by atoms with Gasteiger partial charge in [0.15, 0.2) is 5.76 Å². The van der Waals surface area contributed by atoms with Gasteiger partial charge in [0.1, 0.15) is 6.10 Å². The summed E-state index contributed by atoms with van der Waals surface area (Å²) >= 11 is 3.02. The van der Waals surface area contributed by atoms with E-state index in [4.69, 9.17) is 4.42 Å². The highest BCUT2D eigenvalue weighted by molar-refractivity contribution is 7.12. The van der Waals surface area contributed by atoms with Gasteiger partial charge < -0.3 is 14.8 Å². The number of amides is 1. The summed E-state index contributed by atoms with van der Waals surface area (Å²) in [6, 6.07) is 10.9. The fraction of sp³-hybridized carbons (Fsp3) is 0.133. The third-order valence-corrected chi connectivity index (χ3v) is 5.00. The van der Waals surface area contributed by atoms with Crippen molar-refractivity contribution in [2.24, 2.45) is 0 Å². The second-order valence-electron chi connectivity index (χ2n) is 4.38. The molecule has 1 atom stereocenters. The molecule has 3 heterocycles. The van der Waals surface area contributed by atoms with E-state index in [-0.39, 0.29) is 5.91 Å². The second kappa shape index (κ2) is 6.26. The highest BCUT2D eigenvalue weighted by Crippen LogP contribution is 2.30. The van der Waals surface area contributed by atoms with Crippen molar-refractivity contribution >= 4 is 28.6 Å². The van der Waals surface area contributed by atoms with E-state index in [1.807, 2.05) is 29.6 Å². The van der Waals surface area contributed by atoms with Crippen molar-refractivity contribution in [2.45, 2.75) is 12.6 Å². The van der Waals surface area contributed by atoms with Crippen LogP contribution in [0.25, 0.3) is 0 Å². The smallest absolute Gasteiger partial charge is 0.287 e. The van der Waals surface area contributed by atoms with Crippen molar-refractivity contribution in [3.8, 4) is 0 Å². The number of thiophene rings is 2. The van der Waals surface area contributed by atoms with E-state index in [0.29, 0.717) is 12.3 Å². The fourth-order valence-corrected chi connectivity index (χ4v) is 3.65. The average Bonchev–Trinajstić information content (AvgIpc) is 3.26. The molecule has 0 saturated heterocycles. The minimum absolute atomic E-state index is 0.242. The van der Waals surface area contributed by atoms with Crippen molar-refractivity contribution in [1.29, 1.82) is 0 Å². The van der Waals surface area contributed by atoms with Gasteiger partial charge in [-0.15, -0.1) is 22.7 Å². The standard InChI is InChI=1S/C15H13NO3S2/c17-14(12-4-2-8-20-12)13-6-5-10(21-13)9-16-15(18)11-3-1-7-19-11/h1-8,14,17H,9H2,(H,16,18)/t14-/m1/s1. The van der Waals surface area contributed by atoms with E-state index >= 15 is 0 Å². The summed E-state index contributed by atoms with van der Waals surface area (Å²) in [7, 11) is 0. The van der Waals surface area contributed by atoms with Gasteiger partial charge in [-0.25, -0.2) is 0 Å². The Kier molecular flexibility index (Phi) is 4.19. The quantitative estimate of drug-likeness (QED) is 0.757. The van der Waals surface area contributed by atoms with Crippen LogP contribution >= 0.6 is 22.7 Å². The molecule has 0 saturated carbocycles. The molecular formula is C15H13NO3S2. The predicted octanol–water partition coefficient (Wildman–Crippen LogP) is 3.41. The maximum atomic E-state index is 11.8. The first kappa shape index (κ1) is 14.1. The van der Waals surface area contributed by atoms with Crippen LogP contribution in [0.15, 0.2) is 52.5 Å². The van der Waals surface area contributed by atoms with Gasteiger partial charge in [-0.05, 0) is 35.7 Å². The third-order valence-electron chi connectivity index (χ3n) is 2.93. The van der Waals surface area contributed by atoms with Gasteiger partial charge in [-0.3, -0.25) is 4.79 Å². The SMILES string of the molecule is O=C(NCc1ccc([C@H](O)c2cccs2)s1)c1ccco1. The molecule has 0 bridgehead atoms. The Morgan fingerprint density at radius 1 is 1.24 bits per heavy atom. The van der Waals surface area contributed by atoms with Crippen molar-refractivity contribution < 1.29 is 14.3 Å². The van der Waals surface area contributed by atoms with Crippen LogP contribution in [0.1, 0.15) is 31.3 Å². The van der Waals surface area contributed by atoms with Crippen molar-refractivity contribution in [3.63, 3.8) is 0 Å². The lowest BCUT2D eigenvalue weighted by atomic mass is 10.2. The molecule has 0 aliphatic heterocycles. The second-order valence-corrected chi connectivity index (χ2v) is 6.56. The van der Waals surface area contributed by atoms with Gasteiger partial charge in [-0.2, -0.15) is 0 Å². The molecule has 0 aliphatic carbocycles. The van der Waals surface area contributed by atoms with E-state index in [0.717, 1.165) is 14.6 Å². The number of carbonyl (C=O) groups excluding carboxylic acids is 1. The van der Waals surface area contributed by atoms with E-state index in [1.54, 1.807) is 12.1 Å². The lowest BCUT2D eigenvalue weighted by molar-refractivity contribution is 0.0923. The molecule has 0 aliphatic rings. The molecule has 0 aromatic carbocycles. The molecule has 108 valence electrons. The van der Waals surface area contributed by atoms with Gasteiger partial charge >= 0.3 is 0 Å². The van der Waals surface area contributed by atoms with Crippen molar-refractivity contribution in [2.75, 3.05) is 0 Å². The molecule has 3 aromatic heterocycles. The predicted molar refractivity (Wildman–Crippen MR) is 82.6 cm³/mol. The zero-order valence-electron chi connectivity index (χ0n) is 11.0. The Hall–Kier alpha value is -1.89. The van der Waals surface area contributed by atoms with Crippen molar-refractivity contribution in [1.82, 2.24) is 5.32 Å². The maximum Gasteiger partial charge on any atom is 0.287 e. The molecule has 4 nitrogen and oxygen atoms in total. The lowest BCUT2D eigenvalue weighted by Gasteiger charge is -2.05. The lowest BCUT2D eigenvalue weighted by Crippen LogP contribution is -2.21. The largest absolute Gasteiger partial charge is 0.459 e. The zero-order valence-corrected chi connectivity index (χ0v) is 12.6. The average molecular weight is 319 g/mol. The molecule has 0 spiro atoms. The molecule has 3 rings (SSSR count). The molecule has 1 amide bonds. The van der Waals surface area contributed by atoms with Crippen LogP contribution in [0.3, 0.4) is 0 Å². The molecule has 0 unspecified atom stereocenters. The summed E-state index contributed by atoms with van der Waals surface area (Å²) in [5.74, 6) is 0.0548. The normalized spacial score (nSPS) is 12.2. The Bertz CT molecular complexity index is 701. The van der Waals surface area contributed by atoms with Gasteiger partial charge in [0.25, 0.3) is 5.91 Å². The van der Waals surface area contributed by atoms with Crippen LogP contribution in [0, 0.1) is 0 Å². The first-order valence-corrected chi connectivity index (χ1v) is 8.05. The molecule has 2 N–H and O–H groups in total. The highest BCUT2D eigenvalue weighted by atomic mass is 32.1. The number of hydrogen-bond acceptors (Lipinski definition) is 5. The van der Waals surface area contributed by atoms with Crippen molar-refractivity contribution in [3.05, 3.63) is 68.4 Å². The van der Waals surface area contributed by atoms with Crippen LogP contribution in [-0.4, -0.2) is 11.0 Å². The molecule has 6 heteroatoms. The molecule has 0 fully saturated rings. The van der Waals surface area contributed by atoms with Gasteiger partial charge in [0.2, 0.25) is 0 Å². The summed E-state index contributed by atoms with van der Waals surface area (Å²) in [6.07, 6.45) is 0.875. The topological polar surface area (TPSA) is 62.5 Å².